The number of hydrogen-bond acceptors (Lipinski definition) is 6. The predicted molar refractivity (Wildman–Crippen MR) is 97.1 cm³/mol. The Morgan fingerprint density at radius 3 is 2.52 bits per heavy atom. The van der Waals surface area contributed by atoms with E-state index in [2.05, 4.69) is 14.8 Å². The summed E-state index contributed by atoms with van der Waals surface area (Å²) in [6, 6.07) is 0.697. The standard InChI is InChI=1S/C19H30N4O2/c1-2-4-16(3-1)15-25-19-14-20-13-18(21-19)23-9-7-22(8-10-23)17-5-11-24-12-6-17/h13-14,16-17H,1-12,15H2. The molecule has 0 unspecified atom stereocenters. The summed E-state index contributed by atoms with van der Waals surface area (Å²) in [5.74, 6) is 2.33. The molecule has 0 spiro atoms. The van der Waals surface area contributed by atoms with Crippen molar-refractivity contribution in [1.82, 2.24) is 14.9 Å². The fourth-order valence-corrected chi connectivity index (χ4v) is 4.31. The van der Waals surface area contributed by atoms with E-state index in [4.69, 9.17) is 14.5 Å². The summed E-state index contributed by atoms with van der Waals surface area (Å²) in [7, 11) is 0. The Hall–Kier alpha value is -1.40. The van der Waals surface area contributed by atoms with Crippen molar-refractivity contribution in [2.75, 3.05) is 50.9 Å². The molecule has 3 aliphatic rings. The molecule has 6 nitrogen and oxygen atoms in total. The normalized spacial score (nSPS) is 23.9. The molecule has 0 bridgehead atoms. The van der Waals surface area contributed by atoms with Crippen LogP contribution in [0.4, 0.5) is 5.82 Å². The van der Waals surface area contributed by atoms with E-state index in [1.54, 1.807) is 6.20 Å². The van der Waals surface area contributed by atoms with Crippen molar-refractivity contribution in [2.45, 2.75) is 44.6 Å². The van der Waals surface area contributed by atoms with E-state index in [1.165, 1.54) is 38.5 Å². The zero-order valence-corrected chi connectivity index (χ0v) is 15.1. The second-order valence-electron chi connectivity index (χ2n) is 7.54. The summed E-state index contributed by atoms with van der Waals surface area (Å²) >= 11 is 0. The van der Waals surface area contributed by atoms with Gasteiger partial charge in [0.2, 0.25) is 5.88 Å². The van der Waals surface area contributed by atoms with Crippen molar-refractivity contribution < 1.29 is 9.47 Å². The summed E-state index contributed by atoms with van der Waals surface area (Å²) in [5.41, 5.74) is 0. The van der Waals surface area contributed by atoms with Gasteiger partial charge in [-0.05, 0) is 31.6 Å². The third kappa shape index (κ3) is 4.42. The molecule has 0 radical (unpaired) electrons. The first kappa shape index (κ1) is 17.0. The average molecular weight is 346 g/mol. The molecule has 6 heteroatoms. The molecule has 0 atom stereocenters. The van der Waals surface area contributed by atoms with E-state index in [-0.39, 0.29) is 0 Å². The maximum Gasteiger partial charge on any atom is 0.234 e. The van der Waals surface area contributed by atoms with Crippen LogP contribution in [0, 0.1) is 5.92 Å². The van der Waals surface area contributed by atoms with Crippen molar-refractivity contribution in [1.29, 1.82) is 0 Å². The summed E-state index contributed by atoms with van der Waals surface area (Å²) in [6.45, 7) is 6.83. The van der Waals surface area contributed by atoms with Gasteiger partial charge < -0.3 is 14.4 Å². The van der Waals surface area contributed by atoms with E-state index < -0.39 is 0 Å². The first-order valence-electron chi connectivity index (χ1n) is 9.90. The highest BCUT2D eigenvalue weighted by atomic mass is 16.5. The zero-order chi connectivity index (χ0) is 16.9. The zero-order valence-electron chi connectivity index (χ0n) is 15.1. The molecule has 0 amide bonds. The van der Waals surface area contributed by atoms with Gasteiger partial charge in [0.1, 0.15) is 0 Å². The van der Waals surface area contributed by atoms with E-state index in [0.29, 0.717) is 17.8 Å². The summed E-state index contributed by atoms with van der Waals surface area (Å²) in [4.78, 5) is 14.0. The van der Waals surface area contributed by atoms with Crippen LogP contribution in [0.25, 0.3) is 0 Å². The number of ether oxygens (including phenoxy) is 2. The summed E-state index contributed by atoms with van der Waals surface area (Å²) < 4.78 is 11.4. The Labute approximate surface area is 150 Å². The number of anilines is 1. The Bertz CT molecular complexity index is 536. The fourth-order valence-electron chi connectivity index (χ4n) is 4.31. The van der Waals surface area contributed by atoms with Crippen LogP contribution in [0.15, 0.2) is 12.4 Å². The SMILES string of the molecule is c1ncc(N2CCN(C3CCOCC3)CC2)nc1OCC1CCCC1. The third-order valence-corrected chi connectivity index (χ3v) is 5.89. The van der Waals surface area contributed by atoms with Crippen molar-refractivity contribution >= 4 is 5.82 Å². The highest BCUT2D eigenvalue weighted by molar-refractivity contribution is 5.38. The van der Waals surface area contributed by atoms with Gasteiger partial charge >= 0.3 is 0 Å². The molecule has 1 aromatic rings. The van der Waals surface area contributed by atoms with Crippen LogP contribution < -0.4 is 9.64 Å². The Morgan fingerprint density at radius 1 is 1.00 bits per heavy atom. The first-order valence-corrected chi connectivity index (χ1v) is 9.90. The van der Waals surface area contributed by atoms with Crippen LogP contribution in [0.5, 0.6) is 5.88 Å². The Kier molecular flexibility index (Phi) is 5.67. The van der Waals surface area contributed by atoms with Gasteiger partial charge in [0.05, 0.1) is 19.0 Å². The predicted octanol–water partition coefficient (Wildman–Crippen LogP) is 2.35. The molecular formula is C19H30N4O2. The molecule has 138 valence electrons. The molecule has 3 fully saturated rings. The van der Waals surface area contributed by atoms with Gasteiger partial charge in [-0.15, -0.1) is 0 Å². The Balaban J connectivity index is 1.29. The van der Waals surface area contributed by atoms with Crippen LogP contribution in [-0.2, 0) is 4.74 Å². The van der Waals surface area contributed by atoms with E-state index in [0.717, 1.165) is 51.8 Å². The number of rotatable bonds is 5. The van der Waals surface area contributed by atoms with Gasteiger partial charge in [-0.3, -0.25) is 9.88 Å². The summed E-state index contributed by atoms with van der Waals surface area (Å²) in [5, 5.41) is 0. The topological polar surface area (TPSA) is 50.7 Å². The van der Waals surface area contributed by atoms with E-state index in [9.17, 15) is 0 Å². The van der Waals surface area contributed by atoms with Crippen LogP contribution in [0.1, 0.15) is 38.5 Å². The largest absolute Gasteiger partial charge is 0.476 e. The van der Waals surface area contributed by atoms with Crippen molar-refractivity contribution in [3.8, 4) is 5.88 Å². The second kappa shape index (κ2) is 8.32. The van der Waals surface area contributed by atoms with Gasteiger partial charge in [-0.2, -0.15) is 4.98 Å². The van der Waals surface area contributed by atoms with Crippen molar-refractivity contribution in [3.63, 3.8) is 0 Å². The molecule has 0 aromatic carbocycles. The molecule has 1 saturated carbocycles. The van der Waals surface area contributed by atoms with Crippen molar-refractivity contribution in [2.24, 2.45) is 5.92 Å². The minimum atomic E-state index is 0.677. The van der Waals surface area contributed by atoms with Gasteiger partial charge in [0, 0.05) is 45.4 Å². The lowest BCUT2D eigenvalue weighted by atomic mass is 10.1. The minimum absolute atomic E-state index is 0.677. The van der Waals surface area contributed by atoms with Crippen LogP contribution in [-0.4, -0.2) is 66.9 Å². The van der Waals surface area contributed by atoms with Gasteiger partial charge in [0.15, 0.2) is 5.82 Å². The van der Waals surface area contributed by atoms with Crippen LogP contribution >= 0.6 is 0 Å². The first-order chi connectivity index (χ1) is 12.4. The lowest BCUT2D eigenvalue weighted by Crippen LogP contribution is -2.51. The number of piperazine rings is 1. The van der Waals surface area contributed by atoms with Gasteiger partial charge in [-0.1, -0.05) is 12.8 Å². The lowest BCUT2D eigenvalue weighted by molar-refractivity contribution is 0.0320. The number of hydrogen-bond donors (Lipinski definition) is 0. The maximum atomic E-state index is 5.91. The number of nitrogens with zero attached hydrogens (tertiary/aromatic N) is 4. The third-order valence-electron chi connectivity index (χ3n) is 5.89. The highest BCUT2D eigenvalue weighted by Gasteiger charge is 2.26. The molecule has 2 aliphatic heterocycles. The van der Waals surface area contributed by atoms with Crippen LogP contribution in [0.2, 0.25) is 0 Å². The monoisotopic (exact) mass is 346 g/mol. The number of aromatic nitrogens is 2. The Morgan fingerprint density at radius 2 is 1.76 bits per heavy atom. The second-order valence-corrected chi connectivity index (χ2v) is 7.54. The molecule has 3 heterocycles. The van der Waals surface area contributed by atoms with Gasteiger partial charge in [-0.25, -0.2) is 0 Å². The average Bonchev–Trinajstić information content (AvgIpc) is 3.21. The van der Waals surface area contributed by atoms with E-state index in [1.807, 2.05) is 6.20 Å². The maximum absolute atomic E-state index is 5.91. The molecule has 0 N–H and O–H groups in total. The van der Waals surface area contributed by atoms with Crippen LogP contribution in [0.3, 0.4) is 0 Å². The smallest absolute Gasteiger partial charge is 0.234 e. The summed E-state index contributed by atoms with van der Waals surface area (Å²) in [6.07, 6.45) is 11.2. The van der Waals surface area contributed by atoms with Gasteiger partial charge in [0.25, 0.3) is 0 Å². The quantitative estimate of drug-likeness (QED) is 0.816. The highest BCUT2D eigenvalue weighted by Crippen LogP contribution is 2.26. The lowest BCUT2D eigenvalue weighted by Gasteiger charge is -2.40. The molecule has 25 heavy (non-hydrogen) atoms. The molecule has 2 saturated heterocycles. The van der Waals surface area contributed by atoms with Crippen molar-refractivity contribution in [3.05, 3.63) is 12.4 Å². The van der Waals surface area contributed by atoms with E-state index >= 15 is 0 Å². The fraction of sp³-hybridized carbons (Fsp3) is 0.789. The molecule has 1 aliphatic carbocycles. The molecular weight excluding hydrogens is 316 g/mol. The molecule has 1 aromatic heterocycles. The molecule has 4 rings (SSSR count). The minimum Gasteiger partial charge on any atom is -0.476 e.